The first-order valence-corrected chi connectivity index (χ1v) is 7.35. The second-order valence-electron chi connectivity index (χ2n) is 4.84. The Morgan fingerprint density at radius 1 is 1.65 bits per heavy atom. The summed E-state index contributed by atoms with van der Waals surface area (Å²) in [6, 6.07) is -0.790. The van der Waals surface area contributed by atoms with E-state index in [4.69, 9.17) is 10.8 Å². The molecule has 0 saturated heterocycles. The van der Waals surface area contributed by atoms with Gasteiger partial charge in [0.15, 0.2) is 0 Å². The molecular formula is C11H18N2O2S2. The maximum Gasteiger partial charge on any atom is 0.321 e. The van der Waals surface area contributed by atoms with Gasteiger partial charge in [-0.2, -0.15) is 11.8 Å². The minimum Gasteiger partial charge on any atom is -0.480 e. The van der Waals surface area contributed by atoms with Crippen LogP contribution in [0.2, 0.25) is 0 Å². The quantitative estimate of drug-likeness (QED) is 0.859. The molecule has 96 valence electrons. The first-order valence-electron chi connectivity index (χ1n) is 5.31. The molecule has 0 radical (unpaired) electrons. The number of thioether (sulfide) groups is 1. The van der Waals surface area contributed by atoms with Crippen LogP contribution in [0.25, 0.3) is 0 Å². The van der Waals surface area contributed by atoms with Crippen molar-refractivity contribution in [1.29, 1.82) is 0 Å². The van der Waals surface area contributed by atoms with Gasteiger partial charge in [0.05, 0.1) is 5.69 Å². The Labute approximate surface area is 110 Å². The number of aliphatic carboxylic acids is 1. The molecular weight excluding hydrogens is 256 g/mol. The van der Waals surface area contributed by atoms with Crippen molar-refractivity contribution in [3.05, 3.63) is 16.1 Å². The molecule has 0 fully saturated rings. The Bertz CT molecular complexity index is 385. The molecule has 1 aromatic rings. The number of nitrogens with zero attached hydrogens (tertiary/aromatic N) is 1. The normalized spacial score (nSPS) is 13.6. The standard InChI is InChI=1S/C11H18N2O2S2/c1-11(2,3)8-5-17-9(13-8)6-16-4-7(12)10(14)15/h5,7H,4,6,12H2,1-3H3,(H,14,15). The maximum absolute atomic E-state index is 10.5. The van der Waals surface area contributed by atoms with Crippen molar-refractivity contribution in [3.8, 4) is 0 Å². The molecule has 1 heterocycles. The Hall–Kier alpha value is -0.590. The molecule has 0 amide bonds. The fourth-order valence-corrected chi connectivity index (χ4v) is 3.15. The highest BCUT2D eigenvalue weighted by molar-refractivity contribution is 7.98. The van der Waals surface area contributed by atoms with Crippen molar-refractivity contribution in [1.82, 2.24) is 4.98 Å². The van der Waals surface area contributed by atoms with Crippen molar-refractivity contribution < 1.29 is 9.90 Å². The Balaban J connectivity index is 2.43. The zero-order chi connectivity index (χ0) is 13.1. The van der Waals surface area contributed by atoms with Gasteiger partial charge in [0.1, 0.15) is 11.0 Å². The molecule has 6 heteroatoms. The third kappa shape index (κ3) is 4.65. The van der Waals surface area contributed by atoms with Gasteiger partial charge in [-0.05, 0) is 0 Å². The number of thiazole rings is 1. The van der Waals surface area contributed by atoms with Crippen LogP contribution in [0, 0.1) is 0 Å². The molecule has 0 aliphatic heterocycles. The van der Waals surface area contributed by atoms with E-state index in [0.29, 0.717) is 5.75 Å². The van der Waals surface area contributed by atoms with E-state index in [-0.39, 0.29) is 5.41 Å². The SMILES string of the molecule is CC(C)(C)c1csc(CSCC(N)C(=O)O)n1. The zero-order valence-corrected chi connectivity index (χ0v) is 11.9. The van der Waals surface area contributed by atoms with Crippen LogP contribution in [0.1, 0.15) is 31.5 Å². The fraction of sp³-hybridized carbons (Fsp3) is 0.636. The third-order valence-corrected chi connectivity index (χ3v) is 4.26. The summed E-state index contributed by atoms with van der Waals surface area (Å²) < 4.78 is 0. The molecule has 0 aliphatic carbocycles. The van der Waals surface area contributed by atoms with Gasteiger partial charge in [-0.3, -0.25) is 4.79 Å². The average molecular weight is 274 g/mol. The molecule has 1 aromatic heterocycles. The fourth-order valence-electron chi connectivity index (χ4n) is 1.07. The highest BCUT2D eigenvalue weighted by Crippen LogP contribution is 2.25. The summed E-state index contributed by atoms with van der Waals surface area (Å²) in [4.78, 5) is 15.1. The molecule has 1 rings (SSSR count). The first kappa shape index (κ1) is 14.5. The summed E-state index contributed by atoms with van der Waals surface area (Å²) in [6.07, 6.45) is 0. The minimum absolute atomic E-state index is 0.0664. The predicted molar refractivity (Wildman–Crippen MR) is 72.6 cm³/mol. The molecule has 0 saturated carbocycles. The van der Waals surface area contributed by atoms with Crippen molar-refractivity contribution >= 4 is 29.1 Å². The smallest absolute Gasteiger partial charge is 0.321 e. The summed E-state index contributed by atoms with van der Waals surface area (Å²) >= 11 is 3.13. The number of rotatable bonds is 5. The summed E-state index contributed by atoms with van der Waals surface area (Å²) in [5.74, 6) is 0.189. The van der Waals surface area contributed by atoms with Gasteiger partial charge in [-0.15, -0.1) is 11.3 Å². The second kappa shape index (κ2) is 5.84. The second-order valence-corrected chi connectivity index (χ2v) is 6.81. The van der Waals surface area contributed by atoms with Crippen molar-refractivity contribution in [3.63, 3.8) is 0 Å². The highest BCUT2D eigenvalue weighted by Gasteiger charge is 2.17. The van der Waals surface area contributed by atoms with Gasteiger partial charge in [0.25, 0.3) is 0 Å². The summed E-state index contributed by atoms with van der Waals surface area (Å²) in [5.41, 5.74) is 6.57. The van der Waals surface area contributed by atoms with E-state index in [1.807, 2.05) is 0 Å². The van der Waals surface area contributed by atoms with E-state index in [2.05, 4.69) is 31.1 Å². The maximum atomic E-state index is 10.5. The van der Waals surface area contributed by atoms with Gasteiger partial charge in [0, 0.05) is 22.3 Å². The van der Waals surface area contributed by atoms with Gasteiger partial charge >= 0.3 is 5.97 Å². The van der Waals surface area contributed by atoms with Gasteiger partial charge in [-0.25, -0.2) is 4.98 Å². The number of carboxylic acid groups (broad SMARTS) is 1. The number of aromatic nitrogens is 1. The lowest BCUT2D eigenvalue weighted by Crippen LogP contribution is -2.32. The van der Waals surface area contributed by atoms with Crippen LogP contribution in [0.4, 0.5) is 0 Å². The van der Waals surface area contributed by atoms with Crippen molar-refractivity contribution in [2.45, 2.75) is 38.0 Å². The van der Waals surface area contributed by atoms with E-state index in [1.165, 1.54) is 11.8 Å². The van der Waals surface area contributed by atoms with Crippen LogP contribution in [0.15, 0.2) is 5.38 Å². The summed E-state index contributed by atoms with van der Waals surface area (Å²) in [5, 5.41) is 11.7. The van der Waals surface area contributed by atoms with Crippen LogP contribution >= 0.6 is 23.1 Å². The molecule has 3 N–H and O–H groups in total. The molecule has 0 bridgehead atoms. The first-order chi connectivity index (χ1) is 7.80. The Morgan fingerprint density at radius 2 is 2.29 bits per heavy atom. The van der Waals surface area contributed by atoms with Crippen LogP contribution in [-0.4, -0.2) is 27.9 Å². The third-order valence-electron chi connectivity index (χ3n) is 2.16. The molecule has 1 atom stereocenters. The molecule has 0 aromatic carbocycles. The topological polar surface area (TPSA) is 76.2 Å². The molecule has 17 heavy (non-hydrogen) atoms. The van der Waals surface area contributed by atoms with E-state index < -0.39 is 12.0 Å². The Morgan fingerprint density at radius 3 is 2.76 bits per heavy atom. The van der Waals surface area contributed by atoms with Crippen molar-refractivity contribution in [2.75, 3.05) is 5.75 Å². The summed E-state index contributed by atoms with van der Waals surface area (Å²) in [7, 11) is 0. The highest BCUT2D eigenvalue weighted by atomic mass is 32.2. The number of hydrogen-bond donors (Lipinski definition) is 2. The Kier molecular flexibility index (Phi) is 4.97. The van der Waals surface area contributed by atoms with Gasteiger partial charge < -0.3 is 10.8 Å². The lowest BCUT2D eigenvalue weighted by molar-refractivity contribution is -0.137. The predicted octanol–water partition coefficient (Wildman–Crippen LogP) is 2.09. The number of nitrogens with two attached hydrogens (primary N) is 1. The minimum atomic E-state index is -0.952. The van der Waals surface area contributed by atoms with Gasteiger partial charge in [0.2, 0.25) is 0 Å². The van der Waals surface area contributed by atoms with Gasteiger partial charge in [-0.1, -0.05) is 20.8 Å². The van der Waals surface area contributed by atoms with Crippen LogP contribution in [0.3, 0.4) is 0 Å². The lowest BCUT2D eigenvalue weighted by atomic mass is 9.93. The monoisotopic (exact) mass is 274 g/mol. The molecule has 1 unspecified atom stereocenters. The number of hydrogen-bond acceptors (Lipinski definition) is 5. The zero-order valence-electron chi connectivity index (χ0n) is 10.3. The van der Waals surface area contributed by atoms with E-state index in [0.717, 1.165) is 16.5 Å². The largest absolute Gasteiger partial charge is 0.480 e. The number of carboxylic acids is 1. The summed E-state index contributed by atoms with van der Waals surface area (Å²) in [6.45, 7) is 6.37. The molecule has 0 aliphatic rings. The van der Waals surface area contributed by atoms with Crippen LogP contribution in [-0.2, 0) is 16.0 Å². The van der Waals surface area contributed by atoms with E-state index in [1.54, 1.807) is 11.3 Å². The van der Waals surface area contributed by atoms with Crippen molar-refractivity contribution in [2.24, 2.45) is 5.73 Å². The van der Waals surface area contributed by atoms with E-state index >= 15 is 0 Å². The molecule has 4 nitrogen and oxygen atoms in total. The lowest BCUT2D eigenvalue weighted by Gasteiger charge is -2.14. The van der Waals surface area contributed by atoms with Crippen LogP contribution < -0.4 is 5.73 Å². The molecule has 0 spiro atoms. The van der Waals surface area contributed by atoms with Crippen LogP contribution in [0.5, 0.6) is 0 Å². The number of carbonyl (C=O) groups is 1. The average Bonchev–Trinajstić information content (AvgIpc) is 2.65. The van der Waals surface area contributed by atoms with E-state index in [9.17, 15) is 4.79 Å².